The standard InChI is InChI=1S/C25H24/c1-15-10-11-21-12-16(2)17(3)14-23(21)24(15)25-19(5)18(4)13-20-8-6-7-9-22(20)25/h6-14H,1-5H3. The van der Waals surface area contributed by atoms with Crippen LogP contribution in [0, 0.1) is 34.6 Å². The van der Waals surface area contributed by atoms with E-state index < -0.39 is 0 Å². The number of rotatable bonds is 1. The second-order valence-corrected chi connectivity index (χ2v) is 7.33. The third-order valence-electron chi connectivity index (χ3n) is 5.66. The highest BCUT2D eigenvalue weighted by Gasteiger charge is 2.15. The van der Waals surface area contributed by atoms with E-state index in [9.17, 15) is 0 Å². The molecule has 0 heteroatoms. The molecule has 0 amide bonds. The Balaban J connectivity index is 2.23. The maximum atomic E-state index is 2.36. The van der Waals surface area contributed by atoms with Crippen LogP contribution in [0.4, 0.5) is 0 Å². The fourth-order valence-corrected chi connectivity index (χ4v) is 3.95. The Morgan fingerprint density at radius 3 is 1.92 bits per heavy atom. The molecular formula is C25H24. The van der Waals surface area contributed by atoms with Gasteiger partial charge in [0.15, 0.2) is 0 Å². The molecule has 25 heavy (non-hydrogen) atoms. The molecule has 0 saturated carbocycles. The second kappa shape index (κ2) is 5.74. The van der Waals surface area contributed by atoms with E-state index in [4.69, 9.17) is 0 Å². The van der Waals surface area contributed by atoms with E-state index in [0.29, 0.717) is 0 Å². The van der Waals surface area contributed by atoms with E-state index >= 15 is 0 Å². The minimum atomic E-state index is 1.32. The summed E-state index contributed by atoms with van der Waals surface area (Å²) in [5, 5.41) is 5.36. The van der Waals surface area contributed by atoms with E-state index in [-0.39, 0.29) is 0 Å². The predicted molar refractivity (Wildman–Crippen MR) is 111 cm³/mol. The summed E-state index contributed by atoms with van der Waals surface area (Å²) in [6.07, 6.45) is 0. The molecule has 0 aliphatic carbocycles. The average molecular weight is 324 g/mol. The van der Waals surface area contributed by atoms with Gasteiger partial charge in [0.05, 0.1) is 0 Å². The molecule has 0 spiro atoms. The maximum Gasteiger partial charge on any atom is -0.00646 e. The molecule has 0 nitrogen and oxygen atoms in total. The molecule has 4 rings (SSSR count). The predicted octanol–water partition coefficient (Wildman–Crippen LogP) is 7.20. The van der Waals surface area contributed by atoms with E-state index in [1.54, 1.807) is 0 Å². The molecule has 0 unspecified atom stereocenters. The van der Waals surface area contributed by atoms with Gasteiger partial charge in [0.25, 0.3) is 0 Å². The smallest absolute Gasteiger partial charge is 0.00646 e. The molecule has 4 aromatic rings. The number of aryl methyl sites for hydroxylation is 4. The normalized spacial score (nSPS) is 11.4. The zero-order valence-electron chi connectivity index (χ0n) is 15.7. The van der Waals surface area contributed by atoms with Gasteiger partial charge in [-0.2, -0.15) is 0 Å². The van der Waals surface area contributed by atoms with Gasteiger partial charge in [0, 0.05) is 0 Å². The molecule has 0 aliphatic heterocycles. The van der Waals surface area contributed by atoms with Gasteiger partial charge in [0.2, 0.25) is 0 Å². The summed E-state index contributed by atoms with van der Waals surface area (Å²) in [6.45, 7) is 11.1. The van der Waals surface area contributed by atoms with Crippen LogP contribution in [0.15, 0.2) is 54.6 Å². The van der Waals surface area contributed by atoms with E-state index in [1.165, 1.54) is 60.5 Å². The first-order valence-electron chi connectivity index (χ1n) is 8.97. The van der Waals surface area contributed by atoms with Crippen LogP contribution in [0.2, 0.25) is 0 Å². The summed E-state index contributed by atoms with van der Waals surface area (Å²) < 4.78 is 0. The van der Waals surface area contributed by atoms with Crippen LogP contribution in [0.25, 0.3) is 32.7 Å². The Bertz CT molecular complexity index is 1130. The van der Waals surface area contributed by atoms with Crippen molar-refractivity contribution in [2.75, 3.05) is 0 Å². The van der Waals surface area contributed by atoms with E-state index in [0.717, 1.165) is 0 Å². The maximum absolute atomic E-state index is 2.36. The lowest BCUT2D eigenvalue weighted by Gasteiger charge is -2.19. The summed E-state index contributed by atoms with van der Waals surface area (Å²) in [4.78, 5) is 0. The first-order valence-corrected chi connectivity index (χ1v) is 8.97. The highest BCUT2D eigenvalue weighted by atomic mass is 14.2. The van der Waals surface area contributed by atoms with Crippen LogP contribution in [0.3, 0.4) is 0 Å². The van der Waals surface area contributed by atoms with Gasteiger partial charge >= 0.3 is 0 Å². The van der Waals surface area contributed by atoms with E-state index in [2.05, 4.69) is 89.2 Å². The Morgan fingerprint density at radius 2 is 1.12 bits per heavy atom. The molecule has 0 heterocycles. The van der Waals surface area contributed by atoms with Crippen molar-refractivity contribution in [3.8, 4) is 11.1 Å². The lowest BCUT2D eigenvalue weighted by molar-refractivity contribution is 1.34. The van der Waals surface area contributed by atoms with Gasteiger partial charge in [-0.3, -0.25) is 0 Å². The summed E-state index contributed by atoms with van der Waals surface area (Å²) in [6, 6.07) is 20.3. The van der Waals surface area contributed by atoms with Gasteiger partial charge < -0.3 is 0 Å². The van der Waals surface area contributed by atoms with Crippen molar-refractivity contribution in [3.63, 3.8) is 0 Å². The molecular weight excluding hydrogens is 300 g/mol. The summed E-state index contributed by atoms with van der Waals surface area (Å²) in [5.74, 6) is 0. The molecule has 0 bridgehead atoms. The fraction of sp³-hybridized carbons (Fsp3) is 0.200. The van der Waals surface area contributed by atoms with Crippen molar-refractivity contribution in [2.45, 2.75) is 34.6 Å². The molecule has 124 valence electrons. The fourth-order valence-electron chi connectivity index (χ4n) is 3.95. The van der Waals surface area contributed by atoms with Crippen molar-refractivity contribution in [1.82, 2.24) is 0 Å². The summed E-state index contributed by atoms with van der Waals surface area (Å²) in [7, 11) is 0. The van der Waals surface area contributed by atoms with Crippen LogP contribution in [-0.2, 0) is 0 Å². The minimum absolute atomic E-state index is 1.32. The minimum Gasteiger partial charge on any atom is -0.0616 e. The molecule has 4 aromatic carbocycles. The third kappa shape index (κ3) is 2.44. The molecule has 0 N–H and O–H groups in total. The molecule has 0 aromatic heterocycles. The first kappa shape index (κ1) is 15.9. The topological polar surface area (TPSA) is 0 Å². The lowest BCUT2D eigenvalue weighted by Crippen LogP contribution is -1.95. The van der Waals surface area contributed by atoms with Crippen molar-refractivity contribution in [3.05, 3.63) is 82.4 Å². The van der Waals surface area contributed by atoms with Gasteiger partial charge in [-0.05, 0) is 95.1 Å². The zero-order chi connectivity index (χ0) is 17.7. The zero-order valence-corrected chi connectivity index (χ0v) is 15.7. The van der Waals surface area contributed by atoms with Crippen molar-refractivity contribution in [2.24, 2.45) is 0 Å². The van der Waals surface area contributed by atoms with Gasteiger partial charge in [-0.15, -0.1) is 0 Å². The molecule has 0 fully saturated rings. The van der Waals surface area contributed by atoms with Crippen LogP contribution in [0.5, 0.6) is 0 Å². The van der Waals surface area contributed by atoms with Crippen LogP contribution < -0.4 is 0 Å². The number of fused-ring (bicyclic) bond motifs is 2. The second-order valence-electron chi connectivity index (χ2n) is 7.33. The van der Waals surface area contributed by atoms with E-state index in [1.807, 2.05) is 0 Å². The number of hydrogen-bond donors (Lipinski definition) is 0. The van der Waals surface area contributed by atoms with Crippen LogP contribution >= 0.6 is 0 Å². The lowest BCUT2D eigenvalue weighted by atomic mass is 9.85. The Morgan fingerprint density at radius 1 is 0.480 bits per heavy atom. The average Bonchev–Trinajstić information content (AvgIpc) is 2.59. The van der Waals surface area contributed by atoms with Crippen molar-refractivity contribution < 1.29 is 0 Å². The molecule has 0 atom stereocenters. The van der Waals surface area contributed by atoms with Gasteiger partial charge in [-0.1, -0.05) is 54.6 Å². The Hall–Kier alpha value is -2.60. The monoisotopic (exact) mass is 324 g/mol. The third-order valence-corrected chi connectivity index (χ3v) is 5.66. The number of benzene rings is 4. The van der Waals surface area contributed by atoms with Gasteiger partial charge in [0.1, 0.15) is 0 Å². The molecule has 0 saturated heterocycles. The number of hydrogen-bond acceptors (Lipinski definition) is 0. The molecule has 0 aliphatic rings. The largest absolute Gasteiger partial charge is 0.0616 e. The van der Waals surface area contributed by atoms with Gasteiger partial charge in [-0.25, -0.2) is 0 Å². The van der Waals surface area contributed by atoms with Crippen LogP contribution in [-0.4, -0.2) is 0 Å². The SMILES string of the molecule is Cc1cc2ccc(C)c(-c3c(C)c(C)cc4ccccc34)c2cc1C. The highest BCUT2D eigenvalue weighted by Crippen LogP contribution is 2.40. The molecule has 0 radical (unpaired) electrons. The van der Waals surface area contributed by atoms with Crippen molar-refractivity contribution in [1.29, 1.82) is 0 Å². The highest BCUT2D eigenvalue weighted by molar-refractivity contribution is 6.08. The summed E-state index contributed by atoms with van der Waals surface area (Å²) in [5.41, 5.74) is 9.57. The van der Waals surface area contributed by atoms with Crippen molar-refractivity contribution >= 4 is 21.5 Å². The Kier molecular flexibility index (Phi) is 3.65. The first-order chi connectivity index (χ1) is 12.0. The Labute approximate surface area is 150 Å². The quantitative estimate of drug-likeness (QED) is 0.347. The van der Waals surface area contributed by atoms with Crippen LogP contribution in [0.1, 0.15) is 27.8 Å². The summed E-state index contributed by atoms with van der Waals surface area (Å²) >= 11 is 0.